The summed E-state index contributed by atoms with van der Waals surface area (Å²) in [6, 6.07) is 29.4. The number of imidazole rings is 1. The number of amides is 3. The summed E-state index contributed by atoms with van der Waals surface area (Å²) in [5.74, 6) is -0.00253. The Morgan fingerprint density at radius 2 is 1.44 bits per heavy atom. The SMILES string of the molecule is COC(=O)C[C@@H](C(=O)N1CCC[C@H]1C1=Nc2ncc(-c3ccc(-c4nc5cc(C6CCCN6C(=O)[C@H](NC(=O)OC)c6ccccc6)ncc5[nH]4)cc3)cc2C1)c1ccccc1. The van der Waals surface area contributed by atoms with Crippen molar-refractivity contribution < 1.29 is 28.7 Å². The number of likely N-dealkylation sites (tertiary alicyclic amines) is 2. The van der Waals surface area contributed by atoms with Gasteiger partial charge in [-0.05, 0) is 54.5 Å². The highest BCUT2D eigenvalue weighted by Gasteiger charge is 2.39. The lowest BCUT2D eigenvalue weighted by molar-refractivity contribution is -0.144. The number of H-pyrrole nitrogens is 1. The Kier molecular flexibility index (Phi) is 11.3. The van der Waals surface area contributed by atoms with Crippen molar-refractivity contribution in [3.8, 4) is 22.5 Å². The van der Waals surface area contributed by atoms with Gasteiger partial charge in [0.25, 0.3) is 0 Å². The minimum Gasteiger partial charge on any atom is -0.469 e. The highest BCUT2D eigenvalue weighted by molar-refractivity contribution is 6.01. The number of methoxy groups -OCH3 is 2. The van der Waals surface area contributed by atoms with Gasteiger partial charge in [0.2, 0.25) is 11.8 Å². The van der Waals surface area contributed by atoms with Crippen LogP contribution in [0, 0.1) is 0 Å². The fourth-order valence-electron chi connectivity index (χ4n) is 8.99. The summed E-state index contributed by atoms with van der Waals surface area (Å²) in [7, 11) is 2.62. The van der Waals surface area contributed by atoms with Gasteiger partial charge < -0.3 is 29.6 Å². The minimum atomic E-state index is -0.897. The fraction of sp³-hybridized carbons (Fsp3) is 0.292. The number of nitrogens with one attached hydrogen (secondary N) is 2. The van der Waals surface area contributed by atoms with Gasteiger partial charge in [0, 0.05) is 48.1 Å². The second-order valence-electron chi connectivity index (χ2n) is 15.9. The lowest BCUT2D eigenvalue weighted by atomic mass is 9.93. The van der Waals surface area contributed by atoms with Crippen LogP contribution in [0.5, 0.6) is 0 Å². The minimum absolute atomic E-state index is 0.0216. The van der Waals surface area contributed by atoms with E-state index in [-0.39, 0.29) is 30.3 Å². The number of esters is 1. The van der Waals surface area contributed by atoms with Gasteiger partial charge >= 0.3 is 12.1 Å². The Morgan fingerprint density at radius 3 is 2.15 bits per heavy atom. The molecular formula is C48H46N8O6. The summed E-state index contributed by atoms with van der Waals surface area (Å²) >= 11 is 0. The van der Waals surface area contributed by atoms with Crippen LogP contribution in [0.4, 0.5) is 10.6 Å². The van der Waals surface area contributed by atoms with Crippen molar-refractivity contribution >= 4 is 46.4 Å². The summed E-state index contributed by atoms with van der Waals surface area (Å²) in [6.45, 7) is 1.14. The molecule has 0 aliphatic carbocycles. The molecule has 6 heterocycles. The molecule has 9 rings (SSSR count). The third kappa shape index (κ3) is 8.03. The molecule has 3 amide bonds. The van der Waals surface area contributed by atoms with Gasteiger partial charge in [0.05, 0.1) is 61.6 Å². The predicted molar refractivity (Wildman–Crippen MR) is 232 cm³/mol. The third-order valence-corrected chi connectivity index (χ3v) is 12.2. The summed E-state index contributed by atoms with van der Waals surface area (Å²) in [5, 5.41) is 2.72. The van der Waals surface area contributed by atoms with Crippen molar-refractivity contribution in [2.24, 2.45) is 4.99 Å². The molecule has 14 heteroatoms. The zero-order valence-electron chi connectivity index (χ0n) is 34.5. The van der Waals surface area contributed by atoms with Gasteiger partial charge in [-0.25, -0.2) is 19.8 Å². The molecule has 314 valence electrons. The van der Waals surface area contributed by atoms with Crippen molar-refractivity contribution in [3.05, 3.63) is 132 Å². The normalized spacial score (nSPS) is 17.9. The first-order chi connectivity index (χ1) is 30.3. The molecule has 6 aromatic rings. The number of hydrogen-bond donors (Lipinski definition) is 2. The second kappa shape index (κ2) is 17.4. The largest absolute Gasteiger partial charge is 0.469 e. The predicted octanol–water partition coefficient (Wildman–Crippen LogP) is 7.41. The Bertz CT molecular complexity index is 2670. The second-order valence-corrected chi connectivity index (χ2v) is 15.9. The standard InChI is InChI=1S/C48H46N8O6/c1-61-42(57)25-35(30-11-5-3-6-12-30)46(58)55-21-10-16-41(55)38-24-33-23-34(27-50-44(33)52-38)29-17-19-32(20-18-29)45-51-36-26-37(49-28-39(36)53-45)40-15-9-22-56(40)47(59)43(54-48(60)62-2)31-13-7-4-8-14-31/h3-8,11-14,17-20,23,26-28,35,40-41,43H,9-10,15-16,21-22,24-25H2,1-2H3,(H,51,53)(H,54,60)/t35-,40?,41+,43-/m1/s1. The number of carbonyl (C=O) groups excluding carboxylic acids is 4. The van der Waals surface area contributed by atoms with E-state index in [1.54, 1.807) is 11.1 Å². The van der Waals surface area contributed by atoms with E-state index in [9.17, 15) is 19.2 Å². The lowest BCUT2D eigenvalue weighted by Crippen LogP contribution is -2.43. The summed E-state index contributed by atoms with van der Waals surface area (Å²) in [4.78, 5) is 79.1. The molecular weight excluding hydrogens is 785 g/mol. The number of benzene rings is 3. The Labute approximate surface area is 358 Å². The number of nitrogens with zero attached hydrogens (tertiary/aromatic N) is 6. The number of fused-ring (bicyclic) bond motifs is 2. The molecule has 0 spiro atoms. The van der Waals surface area contributed by atoms with Gasteiger partial charge in [-0.3, -0.25) is 19.4 Å². The molecule has 4 atom stereocenters. The van der Waals surface area contributed by atoms with Crippen molar-refractivity contribution in [1.82, 2.24) is 35.1 Å². The number of ether oxygens (including phenoxy) is 2. The molecule has 62 heavy (non-hydrogen) atoms. The zero-order valence-corrected chi connectivity index (χ0v) is 34.5. The molecule has 0 radical (unpaired) electrons. The highest BCUT2D eigenvalue weighted by atomic mass is 16.5. The smallest absolute Gasteiger partial charge is 0.407 e. The number of hydrogen-bond acceptors (Lipinski definition) is 10. The Balaban J connectivity index is 0.883. The van der Waals surface area contributed by atoms with E-state index in [0.29, 0.717) is 36.7 Å². The van der Waals surface area contributed by atoms with Crippen LogP contribution in [0.3, 0.4) is 0 Å². The summed E-state index contributed by atoms with van der Waals surface area (Å²) in [6.07, 6.45) is 6.68. The fourth-order valence-corrected chi connectivity index (χ4v) is 8.99. The van der Waals surface area contributed by atoms with Crippen LogP contribution in [-0.4, -0.2) is 92.7 Å². The molecule has 0 saturated carbocycles. The topological polar surface area (TPSA) is 172 Å². The van der Waals surface area contributed by atoms with Crippen LogP contribution in [0.2, 0.25) is 0 Å². The molecule has 3 aliphatic rings. The van der Waals surface area contributed by atoms with E-state index in [2.05, 4.69) is 16.4 Å². The Morgan fingerprint density at radius 1 is 0.758 bits per heavy atom. The molecule has 14 nitrogen and oxygen atoms in total. The van der Waals surface area contributed by atoms with Crippen LogP contribution in [0.1, 0.15) is 72.5 Å². The third-order valence-electron chi connectivity index (χ3n) is 12.2. The van der Waals surface area contributed by atoms with Crippen molar-refractivity contribution in [2.75, 3.05) is 27.3 Å². The number of carbonyl (C=O) groups is 4. The van der Waals surface area contributed by atoms with Crippen LogP contribution < -0.4 is 5.32 Å². The molecule has 3 aromatic carbocycles. The quantitative estimate of drug-likeness (QED) is 0.126. The number of alkyl carbamates (subject to hydrolysis) is 1. The number of aromatic nitrogens is 4. The van der Waals surface area contributed by atoms with Crippen molar-refractivity contribution in [1.29, 1.82) is 0 Å². The first kappa shape index (κ1) is 40.2. The average molecular weight is 831 g/mol. The van der Waals surface area contributed by atoms with Gasteiger partial charge in [-0.2, -0.15) is 0 Å². The molecule has 3 aromatic heterocycles. The van der Waals surface area contributed by atoms with Gasteiger partial charge in [-0.1, -0.05) is 84.9 Å². The maximum Gasteiger partial charge on any atom is 0.407 e. The molecule has 3 aliphatic heterocycles. The van der Waals surface area contributed by atoms with E-state index in [1.807, 2.05) is 102 Å². The molecule has 1 unspecified atom stereocenters. The van der Waals surface area contributed by atoms with Crippen molar-refractivity contribution in [3.63, 3.8) is 0 Å². The zero-order chi connectivity index (χ0) is 42.7. The number of pyridine rings is 2. The first-order valence-corrected chi connectivity index (χ1v) is 20.9. The van der Waals surface area contributed by atoms with E-state index in [0.717, 1.165) is 75.9 Å². The van der Waals surface area contributed by atoms with Crippen LogP contribution >= 0.6 is 0 Å². The number of rotatable bonds is 11. The maximum absolute atomic E-state index is 14.1. The first-order valence-electron chi connectivity index (χ1n) is 20.9. The van der Waals surface area contributed by atoms with Gasteiger partial charge in [0.1, 0.15) is 11.9 Å². The molecule has 2 N–H and O–H groups in total. The molecule has 2 saturated heterocycles. The summed E-state index contributed by atoms with van der Waals surface area (Å²) in [5.41, 5.74) is 8.48. The van der Waals surface area contributed by atoms with E-state index in [1.165, 1.54) is 14.2 Å². The molecule has 0 bridgehead atoms. The monoisotopic (exact) mass is 830 g/mol. The number of aromatic amines is 1. The summed E-state index contributed by atoms with van der Waals surface area (Å²) < 4.78 is 9.80. The Hall–Kier alpha value is -7.22. The van der Waals surface area contributed by atoms with Gasteiger partial charge in [-0.15, -0.1) is 0 Å². The molecule has 2 fully saturated rings. The van der Waals surface area contributed by atoms with Gasteiger partial charge in [0.15, 0.2) is 5.82 Å². The maximum atomic E-state index is 14.1. The highest BCUT2D eigenvalue weighted by Crippen LogP contribution is 2.37. The van der Waals surface area contributed by atoms with E-state index < -0.39 is 24.0 Å². The van der Waals surface area contributed by atoms with Crippen LogP contribution in [0.15, 0.2) is 114 Å². The lowest BCUT2D eigenvalue weighted by Gasteiger charge is -2.29. The van der Waals surface area contributed by atoms with E-state index >= 15 is 0 Å². The van der Waals surface area contributed by atoms with E-state index in [4.69, 9.17) is 29.4 Å². The van der Waals surface area contributed by atoms with Crippen LogP contribution in [-0.2, 0) is 30.3 Å². The number of aliphatic imine (C=N–C) groups is 1. The van der Waals surface area contributed by atoms with Crippen molar-refractivity contribution in [2.45, 2.75) is 62.6 Å². The van der Waals surface area contributed by atoms with Crippen LogP contribution in [0.25, 0.3) is 33.5 Å². The average Bonchev–Trinajstić information content (AvgIpc) is 4.16.